The van der Waals surface area contributed by atoms with Crippen LogP contribution in [0.25, 0.3) is 0 Å². The molecule has 1 atom stereocenters. The minimum absolute atomic E-state index is 0.0673. The summed E-state index contributed by atoms with van der Waals surface area (Å²) in [5.74, 6) is 0. The van der Waals surface area contributed by atoms with Crippen LogP contribution in [0.5, 0.6) is 0 Å². The van der Waals surface area contributed by atoms with Crippen LogP contribution < -0.4 is 5.73 Å². The largest absolute Gasteiger partial charge is 0.328 e. The first-order chi connectivity index (χ1) is 8.69. The van der Waals surface area contributed by atoms with Gasteiger partial charge in [-0.1, -0.05) is 13.0 Å². The van der Waals surface area contributed by atoms with E-state index in [-0.39, 0.29) is 6.04 Å². The molecule has 0 aliphatic rings. The topological polar surface area (TPSA) is 56.7 Å². The van der Waals surface area contributed by atoms with Crippen LogP contribution in [0.2, 0.25) is 0 Å². The maximum absolute atomic E-state index is 5.92. The lowest BCUT2D eigenvalue weighted by Crippen LogP contribution is -2.22. The lowest BCUT2D eigenvalue weighted by atomic mass is 10.1. The van der Waals surface area contributed by atoms with Gasteiger partial charge in [0.25, 0.3) is 0 Å². The molecule has 4 nitrogen and oxygen atoms in total. The molecule has 0 spiro atoms. The third-order valence-corrected chi connectivity index (χ3v) is 3.42. The predicted octanol–water partition coefficient (Wildman–Crippen LogP) is 2.01. The fraction of sp³-hybridized carbons (Fsp3) is 0.429. The van der Waals surface area contributed by atoms with Gasteiger partial charge < -0.3 is 5.73 Å². The zero-order valence-corrected chi connectivity index (χ0v) is 11.2. The van der Waals surface area contributed by atoms with E-state index < -0.39 is 0 Å². The van der Waals surface area contributed by atoms with E-state index in [4.69, 9.17) is 5.73 Å². The minimum Gasteiger partial charge on any atom is -0.328 e. The Balaban J connectivity index is 2.46. The number of nitrogens with zero attached hydrogens (tertiary/aromatic N) is 3. The van der Waals surface area contributed by atoms with Crippen LogP contribution in [0.4, 0.5) is 0 Å². The second-order valence-corrected chi connectivity index (χ2v) is 4.49. The van der Waals surface area contributed by atoms with Crippen molar-refractivity contribution in [1.82, 2.24) is 14.8 Å². The van der Waals surface area contributed by atoms with Crippen molar-refractivity contribution in [1.29, 1.82) is 0 Å². The Morgan fingerprint density at radius 2 is 2.17 bits per heavy atom. The Labute approximate surface area is 108 Å². The molecule has 18 heavy (non-hydrogen) atoms. The molecular weight excluding hydrogens is 224 g/mol. The van der Waals surface area contributed by atoms with Crippen molar-refractivity contribution in [2.45, 2.75) is 33.2 Å². The molecule has 2 heterocycles. The van der Waals surface area contributed by atoms with Gasteiger partial charge in [-0.15, -0.1) is 0 Å². The van der Waals surface area contributed by atoms with E-state index >= 15 is 0 Å². The molecule has 0 amide bonds. The fourth-order valence-corrected chi connectivity index (χ4v) is 2.46. The highest BCUT2D eigenvalue weighted by Gasteiger charge is 2.18. The number of nitrogens with two attached hydrogens (primary N) is 1. The van der Waals surface area contributed by atoms with Crippen molar-refractivity contribution < 1.29 is 0 Å². The van der Waals surface area contributed by atoms with Gasteiger partial charge in [-0.3, -0.25) is 9.67 Å². The molecule has 0 saturated heterocycles. The van der Waals surface area contributed by atoms with E-state index in [0.29, 0.717) is 6.54 Å². The highest BCUT2D eigenvalue weighted by atomic mass is 15.3. The molecule has 0 aliphatic heterocycles. The first kappa shape index (κ1) is 12.8. The van der Waals surface area contributed by atoms with Gasteiger partial charge in [-0.05, 0) is 37.5 Å². The molecule has 2 aromatic rings. The average Bonchev–Trinajstić information content (AvgIpc) is 2.67. The summed E-state index contributed by atoms with van der Waals surface area (Å²) in [6, 6.07) is 4.05. The van der Waals surface area contributed by atoms with Crippen molar-refractivity contribution in [3.05, 3.63) is 47.0 Å². The highest BCUT2D eigenvalue weighted by molar-refractivity contribution is 5.27. The summed E-state index contributed by atoms with van der Waals surface area (Å²) in [6.45, 7) is 6.84. The van der Waals surface area contributed by atoms with Gasteiger partial charge in [0.1, 0.15) is 0 Å². The number of rotatable bonds is 4. The second kappa shape index (κ2) is 5.31. The normalized spacial score (nSPS) is 12.7. The van der Waals surface area contributed by atoms with Crippen molar-refractivity contribution in [2.75, 3.05) is 6.54 Å². The van der Waals surface area contributed by atoms with E-state index in [1.165, 1.54) is 11.3 Å². The number of pyridine rings is 1. The smallest absolute Gasteiger partial charge is 0.0908 e. The molecule has 2 N–H and O–H groups in total. The van der Waals surface area contributed by atoms with Gasteiger partial charge >= 0.3 is 0 Å². The fourth-order valence-electron chi connectivity index (χ4n) is 2.46. The molecule has 1 unspecified atom stereocenters. The lowest BCUT2D eigenvalue weighted by molar-refractivity contribution is 0.515. The van der Waals surface area contributed by atoms with E-state index in [9.17, 15) is 0 Å². The van der Waals surface area contributed by atoms with Crippen LogP contribution >= 0.6 is 0 Å². The van der Waals surface area contributed by atoms with Crippen molar-refractivity contribution in [2.24, 2.45) is 5.73 Å². The molecular formula is C14H20N4. The number of hydrogen-bond acceptors (Lipinski definition) is 3. The van der Waals surface area contributed by atoms with Gasteiger partial charge in [0.15, 0.2) is 0 Å². The van der Waals surface area contributed by atoms with Crippen molar-refractivity contribution in [3.8, 4) is 0 Å². The molecule has 2 aromatic heterocycles. The summed E-state index contributed by atoms with van der Waals surface area (Å²) in [5, 5.41) is 4.64. The van der Waals surface area contributed by atoms with Gasteiger partial charge in [0, 0.05) is 24.6 Å². The molecule has 0 aromatic carbocycles. The highest BCUT2D eigenvalue weighted by Crippen LogP contribution is 2.22. The van der Waals surface area contributed by atoms with Gasteiger partial charge in [0.2, 0.25) is 0 Å². The van der Waals surface area contributed by atoms with Crippen molar-refractivity contribution in [3.63, 3.8) is 0 Å². The second-order valence-electron chi connectivity index (χ2n) is 4.49. The predicted molar refractivity (Wildman–Crippen MR) is 72.5 cm³/mol. The van der Waals surface area contributed by atoms with Gasteiger partial charge in [-0.25, -0.2) is 0 Å². The quantitative estimate of drug-likeness (QED) is 0.895. The van der Waals surface area contributed by atoms with Gasteiger partial charge in [0.05, 0.1) is 11.7 Å². The van der Waals surface area contributed by atoms with Crippen LogP contribution in [0.15, 0.2) is 24.5 Å². The maximum atomic E-state index is 5.92. The van der Waals surface area contributed by atoms with Crippen LogP contribution in [0, 0.1) is 13.8 Å². The molecule has 0 radical (unpaired) electrons. The number of hydrogen-bond donors (Lipinski definition) is 1. The van der Waals surface area contributed by atoms with E-state index in [1.807, 2.05) is 23.0 Å². The maximum Gasteiger partial charge on any atom is 0.0908 e. The van der Waals surface area contributed by atoms with Crippen molar-refractivity contribution >= 4 is 0 Å². The Kier molecular flexibility index (Phi) is 3.77. The molecule has 0 saturated carbocycles. The standard InChI is InChI=1S/C14H20N4/c1-4-13-10(2)17-18(11(13)3)14(8-15)12-6-5-7-16-9-12/h5-7,9,14H,4,8,15H2,1-3H3. The third kappa shape index (κ3) is 2.16. The number of aromatic nitrogens is 3. The first-order valence-corrected chi connectivity index (χ1v) is 6.33. The number of aryl methyl sites for hydroxylation is 1. The third-order valence-electron chi connectivity index (χ3n) is 3.42. The van der Waals surface area contributed by atoms with Crippen LogP contribution in [0.3, 0.4) is 0 Å². The van der Waals surface area contributed by atoms with E-state index in [1.54, 1.807) is 6.20 Å². The zero-order chi connectivity index (χ0) is 13.1. The summed E-state index contributed by atoms with van der Waals surface area (Å²) in [7, 11) is 0. The molecule has 0 bridgehead atoms. The van der Waals surface area contributed by atoms with Crippen LogP contribution in [-0.4, -0.2) is 21.3 Å². The summed E-state index contributed by atoms with van der Waals surface area (Å²) >= 11 is 0. The summed E-state index contributed by atoms with van der Waals surface area (Å²) in [4.78, 5) is 4.16. The monoisotopic (exact) mass is 244 g/mol. The van der Waals surface area contributed by atoms with Gasteiger partial charge in [-0.2, -0.15) is 5.10 Å². The SMILES string of the molecule is CCc1c(C)nn(C(CN)c2cccnc2)c1C. The first-order valence-electron chi connectivity index (χ1n) is 6.33. The lowest BCUT2D eigenvalue weighted by Gasteiger charge is -2.17. The summed E-state index contributed by atoms with van der Waals surface area (Å²) in [6.07, 6.45) is 4.64. The Bertz CT molecular complexity index is 516. The molecule has 0 aliphatic carbocycles. The molecule has 2 rings (SSSR count). The molecule has 96 valence electrons. The summed E-state index contributed by atoms with van der Waals surface area (Å²) in [5.41, 5.74) is 10.6. The van der Waals surface area contributed by atoms with E-state index in [0.717, 1.165) is 17.7 Å². The zero-order valence-electron chi connectivity index (χ0n) is 11.2. The summed E-state index contributed by atoms with van der Waals surface area (Å²) < 4.78 is 2.03. The molecule has 0 fully saturated rings. The van der Waals surface area contributed by atoms with E-state index in [2.05, 4.69) is 30.9 Å². The Morgan fingerprint density at radius 3 is 2.67 bits per heavy atom. The van der Waals surface area contributed by atoms with Crippen LogP contribution in [0.1, 0.15) is 35.5 Å². The Morgan fingerprint density at radius 1 is 1.39 bits per heavy atom. The average molecular weight is 244 g/mol. The molecule has 4 heteroatoms. The minimum atomic E-state index is 0.0673. The van der Waals surface area contributed by atoms with Crippen LogP contribution in [-0.2, 0) is 6.42 Å². The Hall–Kier alpha value is -1.68.